The highest BCUT2D eigenvalue weighted by Crippen LogP contribution is 2.15. The highest BCUT2D eigenvalue weighted by Gasteiger charge is 2.21. The number of nitrogens with zero attached hydrogens (tertiary/aromatic N) is 1. The Morgan fingerprint density at radius 1 is 1.44 bits per heavy atom. The van der Waals surface area contributed by atoms with E-state index < -0.39 is 0 Å². The first-order valence-electron chi connectivity index (χ1n) is 6.04. The fourth-order valence-corrected chi connectivity index (χ4v) is 1.75. The third kappa shape index (κ3) is 3.86. The zero-order valence-electron chi connectivity index (χ0n) is 11.0. The minimum atomic E-state index is -0.0826. The summed E-state index contributed by atoms with van der Waals surface area (Å²) in [5, 5.41) is 14.7. The van der Waals surface area contributed by atoms with Crippen LogP contribution in [-0.2, 0) is 4.79 Å². The molecule has 0 saturated heterocycles. The number of rotatable bonds is 5. The molecule has 0 aliphatic rings. The number of hydrogen-bond acceptors (Lipinski definition) is 3. The molecule has 1 amide bonds. The number of nitriles is 1. The highest BCUT2D eigenvalue weighted by molar-refractivity contribution is 5.93. The first kappa shape index (κ1) is 14.2. The monoisotopic (exact) mass is 245 g/mol. The summed E-state index contributed by atoms with van der Waals surface area (Å²) in [5.74, 6) is 0.159. The molecule has 18 heavy (non-hydrogen) atoms. The van der Waals surface area contributed by atoms with E-state index in [4.69, 9.17) is 5.26 Å². The standard InChI is InChI=1S/C14H19N3O/c1-10(2)13(9-16-3)14(18)17-12-6-4-5-11(7-12)8-15/h4-7,10,13,16H,9H2,1-3H3,(H,17,18). The van der Waals surface area contributed by atoms with Crippen molar-refractivity contribution in [3.05, 3.63) is 29.8 Å². The summed E-state index contributed by atoms with van der Waals surface area (Å²) >= 11 is 0. The molecule has 4 heteroatoms. The summed E-state index contributed by atoms with van der Waals surface area (Å²) < 4.78 is 0. The summed E-state index contributed by atoms with van der Waals surface area (Å²) in [4.78, 5) is 12.1. The molecule has 1 aromatic rings. The average Bonchev–Trinajstić information content (AvgIpc) is 2.35. The van der Waals surface area contributed by atoms with Crippen LogP contribution in [0.25, 0.3) is 0 Å². The first-order chi connectivity index (χ1) is 8.58. The molecule has 2 N–H and O–H groups in total. The smallest absolute Gasteiger partial charge is 0.229 e. The third-order valence-corrected chi connectivity index (χ3v) is 2.82. The van der Waals surface area contributed by atoms with Gasteiger partial charge in [-0.2, -0.15) is 5.26 Å². The third-order valence-electron chi connectivity index (χ3n) is 2.82. The second-order valence-corrected chi connectivity index (χ2v) is 4.59. The second-order valence-electron chi connectivity index (χ2n) is 4.59. The Morgan fingerprint density at radius 2 is 2.17 bits per heavy atom. The van der Waals surface area contributed by atoms with Crippen LogP contribution in [0, 0.1) is 23.2 Å². The van der Waals surface area contributed by atoms with Crippen molar-refractivity contribution in [2.75, 3.05) is 18.9 Å². The number of carbonyl (C=O) groups is 1. The molecule has 0 saturated carbocycles. The van der Waals surface area contributed by atoms with Gasteiger partial charge in [0.1, 0.15) is 0 Å². The molecule has 0 spiro atoms. The maximum absolute atomic E-state index is 12.1. The van der Waals surface area contributed by atoms with Gasteiger partial charge in [0.2, 0.25) is 5.91 Å². The molecule has 1 atom stereocenters. The summed E-state index contributed by atoms with van der Waals surface area (Å²) in [6.45, 7) is 4.68. The average molecular weight is 245 g/mol. The Balaban J connectivity index is 2.76. The predicted octanol–water partition coefficient (Wildman–Crippen LogP) is 1.99. The summed E-state index contributed by atoms with van der Waals surface area (Å²) in [6, 6.07) is 8.99. The van der Waals surface area contributed by atoms with Gasteiger partial charge in [-0.25, -0.2) is 0 Å². The van der Waals surface area contributed by atoms with Gasteiger partial charge in [0.05, 0.1) is 17.6 Å². The van der Waals surface area contributed by atoms with Crippen molar-refractivity contribution in [1.82, 2.24) is 5.32 Å². The van der Waals surface area contributed by atoms with E-state index in [1.165, 1.54) is 0 Å². The van der Waals surface area contributed by atoms with Gasteiger partial charge >= 0.3 is 0 Å². The summed E-state index contributed by atoms with van der Waals surface area (Å²) in [6.07, 6.45) is 0. The number of benzene rings is 1. The fraction of sp³-hybridized carbons (Fsp3) is 0.429. The van der Waals surface area contributed by atoms with Crippen LogP contribution in [0.15, 0.2) is 24.3 Å². The molecule has 1 aromatic carbocycles. The van der Waals surface area contributed by atoms with Crippen LogP contribution < -0.4 is 10.6 Å². The van der Waals surface area contributed by atoms with Crippen molar-refractivity contribution in [2.24, 2.45) is 11.8 Å². The van der Waals surface area contributed by atoms with Gasteiger partial charge in [0.15, 0.2) is 0 Å². The second kappa shape index (κ2) is 6.77. The van der Waals surface area contributed by atoms with E-state index in [1.54, 1.807) is 24.3 Å². The van der Waals surface area contributed by atoms with Crippen LogP contribution in [-0.4, -0.2) is 19.5 Å². The number of carbonyl (C=O) groups excluding carboxylic acids is 1. The van der Waals surface area contributed by atoms with Crippen LogP contribution in [0.4, 0.5) is 5.69 Å². The Hall–Kier alpha value is -1.86. The molecule has 0 fully saturated rings. The molecule has 0 heterocycles. The van der Waals surface area contributed by atoms with E-state index in [0.29, 0.717) is 17.8 Å². The molecular weight excluding hydrogens is 226 g/mol. The van der Waals surface area contributed by atoms with E-state index in [0.717, 1.165) is 0 Å². The molecule has 4 nitrogen and oxygen atoms in total. The van der Waals surface area contributed by atoms with Gasteiger partial charge < -0.3 is 10.6 Å². The van der Waals surface area contributed by atoms with E-state index >= 15 is 0 Å². The Labute approximate surface area is 108 Å². The number of amides is 1. The van der Waals surface area contributed by atoms with Crippen molar-refractivity contribution >= 4 is 11.6 Å². The lowest BCUT2D eigenvalue weighted by Gasteiger charge is -2.19. The van der Waals surface area contributed by atoms with Crippen molar-refractivity contribution in [2.45, 2.75) is 13.8 Å². The van der Waals surface area contributed by atoms with Gasteiger partial charge in [0.25, 0.3) is 0 Å². The Morgan fingerprint density at radius 3 is 2.72 bits per heavy atom. The zero-order valence-corrected chi connectivity index (χ0v) is 11.0. The van der Waals surface area contributed by atoms with Crippen molar-refractivity contribution in [1.29, 1.82) is 5.26 Å². The topological polar surface area (TPSA) is 64.9 Å². The lowest BCUT2D eigenvalue weighted by atomic mass is 9.95. The Kier molecular flexibility index (Phi) is 5.34. The van der Waals surface area contributed by atoms with Gasteiger partial charge in [-0.05, 0) is 31.2 Å². The van der Waals surface area contributed by atoms with Crippen LogP contribution in [0.2, 0.25) is 0 Å². The molecule has 0 aromatic heterocycles. The normalized spacial score (nSPS) is 11.9. The van der Waals surface area contributed by atoms with Crippen LogP contribution >= 0.6 is 0 Å². The van der Waals surface area contributed by atoms with Crippen LogP contribution in [0.1, 0.15) is 19.4 Å². The van der Waals surface area contributed by atoms with E-state index in [1.807, 2.05) is 20.9 Å². The minimum Gasteiger partial charge on any atom is -0.326 e. The fourth-order valence-electron chi connectivity index (χ4n) is 1.75. The zero-order chi connectivity index (χ0) is 13.5. The van der Waals surface area contributed by atoms with Crippen molar-refractivity contribution in [3.8, 4) is 6.07 Å². The quantitative estimate of drug-likeness (QED) is 0.833. The maximum atomic E-state index is 12.1. The molecule has 1 unspecified atom stereocenters. The SMILES string of the molecule is CNCC(C(=O)Nc1cccc(C#N)c1)C(C)C. The van der Waals surface area contributed by atoms with Gasteiger partial charge in [-0.15, -0.1) is 0 Å². The summed E-state index contributed by atoms with van der Waals surface area (Å²) in [7, 11) is 1.83. The minimum absolute atomic E-state index is 0.0190. The van der Waals surface area contributed by atoms with Gasteiger partial charge in [-0.3, -0.25) is 4.79 Å². The molecule has 1 rings (SSSR count). The lowest BCUT2D eigenvalue weighted by molar-refractivity contribution is -0.120. The van der Waals surface area contributed by atoms with E-state index in [-0.39, 0.29) is 17.7 Å². The Bertz CT molecular complexity index is 449. The van der Waals surface area contributed by atoms with Crippen molar-refractivity contribution < 1.29 is 4.79 Å². The first-order valence-corrected chi connectivity index (χ1v) is 6.04. The predicted molar refractivity (Wildman–Crippen MR) is 72.0 cm³/mol. The van der Waals surface area contributed by atoms with Crippen LogP contribution in [0.3, 0.4) is 0 Å². The molecule has 96 valence electrons. The molecule has 0 bridgehead atoms. The molecular formula is C14H19N3O. The number of hydrogen-bond donors (Lipinski definition) is 2. The highest BCUT2D eigenvalue weighted by atomic mass is 16.1. The maximum Gasteiger partial charge on any atom is 0.229 e. The lowest BCUT2D eigenvalue weighted by Crippen LogP contribution is -2.34. The molecule has 0 radical (unpaired) electrons. The number of anilines is 1. The van der Waals surface area contributed by atoms with Gasteiger partial charge in [-0.1, -0.05) is 19.9 Å². The van der Waals surface area contributed by atoms with E-state index in [9.17, 15) is 4.79 Å². The largest absolute Gasteiger partial charge is 0.326 e. The van der Waals surface area contributed by atoms with E-state index in [2.05, 4.69) is 16.7 Å². The molecule has 0 aliphatic carbocycles. The molecule has 0 aliphatic heterocycles. The number of nitrogens with one attached hydrogen (secondary N) is 2. The summed E-state index contributed by atoms with van der Waals surface area (Å²) in [5.41, 5.74) is 1.21. The van der Waals surface area contributed by atoms with Gasteiger partial charge in [0, 0.05) is 12.2 Å². The van der Waals surface area contributed by atoms with Crippen molar-refractivity contribution in [3.63, 3.8) is 0 Å². The van der Waals surface area contributed by atoms with Crippen LogP contribution in [0.5, 0.6) is 0 Å².